The first-order chi connectivity index (χ1) is 9.41. The topological polar surface area (TPSA) is 49.6 Å². The van der Waals surface area contributed by atoms with E-state index in [0.717, 1.165) is 45.4 Å². The van der Waals surface area contributed by atoms with Crippen LogP contribution in [0.4, 0.5) is 0 Å². The molecule has 2 N–H and O–H groups in total. The second kappa shape index (κ2) is 7.99. The van der Waals surface area contributed by atoms with E-state index >= 15 is 0 Å². The Kier molecular flexibility index (Phi) is 6.96. The summed E-state index contributed by atoms with van der Waals surface area (Å²) in [6.45, 7) is 12.9. The van der Waals surface area contributed by atoms with Gasteiger partial charge < -0.3 is 10.6 Å². The number of hydrogen-bond acceptors (Lipinski definition) is 3. The summed E-state index contributed by atoms with van der Waals surface area (Å²) in [5.41, 5.74) is 5.91. The van der Waals surface area contributed by atoms with Crippen LogP contribution in [0.1, 0.15) is 53.4 Å². The van der Waals surface area contributed by atoms with Gasteiger partial charge in [0, 0.05) is 19.6 Å². The molecule has 1 heterocycles. The van der Waals surface area contributed by atoms with E-state index in [0.29, 0.717) is 12.5 Å². The number of hydrogen-bond donors (Lipinski definition) is 1. The van der Waals surface area contributed by atoms with E-state index in [1.54, 1.807) is 0 Å². The number of piperidine rings is 1. The average molecular weight is 283 g/mol. The molecule has 0 aromatic rings. The van der Waals surface area contributed by atoms with Crippen LogP contribution in [-0.4, -0.2) is 54.5 Å². The molecular formula is C16H33N3O. The van der Waals surface area contributed by atoms with Gasteiger partial charge in [0.2, 0.25) is 5.91 Å². The normalized spacial score (nSPS) is 18.4. The third kappa shape index (κ3) is 5.06. The predicted molar refractivity (Wildman–Crippen MR) is 84.6 cm³/mol. The van der Waals surface area contributed by atoms with Crippen LogP contribution in [0.25, 0.3) is 0 Å². The highest BCUT2D eigenvalue weighted by atomic mass is 16.2. The van der Waals surface area contributed by atoms with Crippen LogP contribution in [0, 0.1) is 5.41 Å². The quantitative estimate of drug-likeness (QED) is 0.778. The summed E-state index contributed by atoms with van der Waals surface area (Å²) in [6, 6.07) is -0.0288. The van der Waals surface area contributed by atoms with E-state index < -0.39 is 0 Å². The molecular weight excluding hydrogens is 250 g/mol. The number of carbonyl (C=O) groups excluding carboxylic acids is 1. The zero-order valence-corrected chi connectivity index (χ0v) is 13.8. The van der Waals surface area contributed by atoms with Gasteiger partial charge in [0.1, 0.15) is 0 Å². The van der Waals surface area contributed by atoms with Gasteiger partial charge in [-0.2, -0.15) is 0 Å². The molecule has 1 fully saturated rings. The molecule has 0 aromatic carbocycles. The summed E-state index contributed by atoms with van der Waals surface area (Å²) < 4.78 is 0. The first kappa shape index (κ1) is 17.4. The number of nitrogens with two attached hydrogens (primary N) is 1. The SMILES string of the molecule is CCCN(CC(C)(C)CN)C(C)C(=O)N1CCCCC1. The molecule has 0 aliphatic carbocycles. The van der Waals surface area contributed by atoms with E-state index in [-0.39, 0.29) is 11.5 Å². The van der Waals surface area contributed by atoms with Crippen molar-refractivity contribution in [2.24, 2.45) is 11.1 Å². The molecule has 0 saturated carbocycles. The molecule has 1 aliphatic rings. The number of carbonyl (C=O) groups is 1. The van der Waals surface area contributed by atoms with Crippen LogP contribution in [0.15, 0.2) is 0 Å². The molecule has 1 rings (SSSR count). The molecule has 0 bridgehead atoms. The minimum atomic E-state index is -0.0288. The van der Waals surface area contributed by atoms with Crippen molar-refractivity contribution >= 4 is 5.91 Å². The molecule has 1 aliphatic heterocycles. The van der Waals surface area contributed by atoms with Crippen LogP contribution in [0.5, 0.6) is 0 Å². The summed E-state index contributed by atoms with van der Waals surface area (Å²) in [6.07, 6.45) is 4.64. The number of likely N-dealkylation sites (tertiary alicyclic amines) is 1. The second-order valence-electron chi connectivity index (χ2n) is 6.90. The Morgan fingerprint density at radius 1 is 1.30 bits per heavy atom. The molecule has 0 aromatic heterocycles. The second-order valence-corrected chi connectivity index (χ2v) is 6.90. The Bertz CT molecular complexity index is 298. The molecule has 118 valence electrons. The minimum absolute atomic E-state index is 0.0288. The molecule has 4 heteroatoms. The molecule has 1 atom stereocenters. The van der Waals surface area contributed by atoms with Crippen molar-refractivity contribution in [2.45, 2.75) is 59.4 Å². The molecule has 1 amide bonds. The van der Waals surface area contributed by atoms with Gasteiger partial charge in [-0.25, -0.2) is 0 Å². The number of nitrogens with zero attached hydrogens (tertiary/aromatic N) is 2. The number of amides is 1. The third-order valence-corrected chi connectivity index (χ3v) is 4.27. The monoisotopic (exact) mass is 283 g/mol. The summed E-state index contributed by atoms with van der Waals surface area (Å²) in [7, 11) is 0. The largest absolute Gasteiger partial charge is 0.341 e. The van der Waals surface area contributed by atoms with Crippen molar-refractivity contribution in [3.63, 3.8) is 0 Å². The minimum Gasteiger partial charge on any atom is -0.341 e. The van der Waals surface area contributed by atoms with Gasteiger partial charge >= 0.3 is 0 Å². The lowest BCUT2D eigenvalue weighted by Crippen LogP contribution is -2.52. The van der Waals surface area contributed by atoms with Gasteiger partial charge in [-0.15, -0.1) is 0 Å². The maximum absolute atomic E-state index is 12.6. The first-order valence-corrected chi connectivity index (χ1v) is 8.14. The van der Waals surface area contributed by atoms with E-state index in [2.05, 4.69) is 32.6 Å². The van der Waals surface area contributed by atoms with Gasteiger partial charge in [0.15, 0.2) is 0 Å². The molecule has 4 nitrogen and oxygen atoms in total. The van der Waals surface area contributed by atoms with E-state index in [1.165, 1.54) is 6.42 Å². The maximum atomic E-state index is 12.6. The van der Waals surface area contributed by atoms with Gasteiger partial charge in [-0.1, -0.05) is 20.8 Å². The fraction of sp³-hybridized carbons (Fsp3) is 0.938. The fourth-order valence-corrected chi connectivity index (χ4v) is 2.85. The average Bonchev–Trinajstić information content (AvgIpc) is 2.46. The zero-order chi connectivity index (χ0) is 15.2. The standard InChI is InChI=1S/C16H33N3O/c1-5-9-19(13-16(3,4)12-17)14(2)15(20)18-10-7-6-8-11-18/h14H,5-13,17H2,1-4H3. The zero-order valence-electron chi connectivity index (χ0n) is 13.8. The summed E-state index contributed by atoms with van der Waals surface area (Å²) in [5, 5.41) is 0. The van der Waals surface area contributed by atoms with Crippen molar-refractivity contribution in [1.29, 1.82) is 0 Å². The molecule has 0 spiro atoms. The van der Waals surface area contributed by atoms with Crippen molar-refractivity contribution in [1.82, 2.24) is 9.80 Å². The van der Waals surface area contributed by atoms with Crippen LogP contribution >= 0.6 is 0 Å². The highest BCUT2D eigenvalue weighted by Crippen LogP contribution is 2.19. The third-order valence-electron chi connectivity index (χ3n) is 4.27. The Labute approximate surface area is 124 Å². The van der Waals surface area contributed by atoms with E-state index in [1.807, 2.05) is 4.90 Å². The van der Waals surface area contributed by atoms with Gasteiger partial charge in [0.25, 0.3) is 0 Å². The van der Waals surface area contributed by atoms with Crippen LogP contribution < -0.4 is 5.73 Å². The number of rotatable bonds is 7. The van der Waals surface area contributed by atoms with E-state index in [4.69, 9.17) is 5.73 Å². The van der Waals surface area contributed by atoms with Gasteiger partial charge in [-0.3, -0.25) is 9.69 Å². The van der Waals surface area contributed by atoms with Crippen molar-refractivity contribution < 1.29 is 4.79 Å². The smallest absolute Gasteiger partial charge is 0.239 e. The molecule has 1 saturated heterocycles. The lowest BCUT2D eigenvalue weighted by Gasteiger charge is -2.38. The van der Waals surface area contributed by atoms with Crippen molar-refractivity contribution in [2.75, 3.05) is 32.7 Å². The summed E-state index contributed by atoms with van der Waals surface area (Å²) >= 11 is 0. The Balaban J connectivity index is 2.66. The Hall–Kier alpha value is -0.610. The summed E-state index contributed by atoms with van der Waals surface area (Å²) in [5.74, 6) is 0.297. The first-order valence-electron chi connectivity index (χ1n) is 8.14. The Morgan fingerprint density at radius 2 is 1.90 bits per heavy atom. The lowest BCUT2D eigenvalue weighted by molar-refractivity contribution is -0.137. The lowest BCUT2D eigenvalue weighted by atomic mass is 9.92. The predicted octanol–water partition coefficient (Wildman–Crippen LogP) is 2.08. The maximum Gasteiger partial charge on any atom is 0.239 e. The summed E-state index contributed by atoms with van der Waals surface area (Å²) in [4.78, 5) is 17.0. The van der Waals surface area contributed by atoms with Crippen molar-refractivity contribution in [3.05, 3.63) is 0 Å². The highest BCUT2D eigenvalue weighted by molar-refractivity contribution is 5.81. The van der Waals surface area contributed by atoms with Crippen molar-refractivity contribution in [3.8, 4) is 0 Å². The molecule has 20 heavy (non-hydrogen) atoms. The van der Waals surface area contributed by atoms with Gasteiger partial charge in [0.05, 0.1) is 6.04 Å². The van der Waals surface area contributed by atoms with Crippen LogP contribution in [0.3, 0.4) is 0 Å². The molecule has 1 unspecified atom stereocenters. The van der Waals surface area contributed by atoms with E-state index in [9.17, 15) is 4.79 Å². The van der Waals surface area contributed by atoms with Crippen LogP contribution in [0.2, 0.25) is 0 Å². The fourth-order valence-electron chi connectivity index (χ4n) is 2.85. The highest BCUT2D eigenvalue weighted by Gasteiger charge is 2.29. The Morgan fingerprint density at radius 3 is 2.40 bits per heavy atom. The molecule has 0 radical (unpaired) electrons. The van der Waals surface area contributed by atoms with Gasteiger partial charge in [-0.05, 0) is 51.1 Å². The van der Waals surface area contributed by atoms with Crippen LogP contribution in [-0.2, 0) is 4.79 Å².